The van der Waals surface area contributed by atoms with E-state index in [1.165, 1.54) is 0 Å². The summed E-state index contributed by atoms with van der Waals surface area (Å²) in [6, 6.07) is 5.21. The number of hydrogen-bond acceptors (Lipinski definition) is 2. The van der Waals surface area contributed by atoms with Gasteiger partial charge in [-0.1, -0.05) is 25.4 Å². The number of hydrogen-bond donors (Lipinski definition) is 2. The quantitative estimate of drug-likeness (QED) is 0.770. The third-order valence-corrected chi connectivity index (χ3v) is 2.73. The van der Waals surface area contributed by atoms with Crippen molar-refractivity contribution < 1.29 is 4.79 Å². The Bertz CT molecular complexity index is 404. The summed E-state index contributed by atoms with van der Waals surface area (Å²) in [5.41, 5.74) is 1.68. The van der Waals surface area contributed by atoms with Gasteiger partial charge in [-0.2, -0.15) is 0 Å². The molecule has 1 aromatic rings. The van der Waals surface area contributed by atoms with Crippen LogP contribution in [0.3, 0.4) is 0 Å². The lowest BCUT2D eigenvalue weighted by atomic mass is 10.0. The molecule has 1 aliphatic heterocycles. The molecule has 80 valence electrons. The summed E-state index contributed by atoms with van der Waals surface area (Å²) in [6.45, 7) is 4.01. The highest BCUT2D eigenvalue weighted by atomic mass is 35.5. The van der Waals surface area contributed by atoms with E-state index in [0.717, 1.165) is 11.4 Å². The van der Waals surface area contributed by atoms with Gasteiger partial charge >= 0.3 is 0 Å². The lowest BCUT2D eigenvalue weighted by Crippen LogP contribution is -2.42. The topological polar surface area (TPSA) is 41.1 Å². The molecule has 1 heterocycles. The Kier molecular flexibility index (Phi) is 2.57. The van der Waals surface area contributed by atoms with Crippen molar-refractivity contribution in [1.82, 2.24) is 0 Å². The van der Waals surface area contributed by atoms with Crippen LogP contribution in [0.4, 0.5) is 11.4 Å². The number of anilines is 2. The van der Waals surface area contributed by atoms with Crippen molar-refractivity contribution in [3.63, 3.8) is 0 Å². The molecule has 15 heavy (non-hydrogen) atoms. The molecule has 2 rings (SSSR count). The SMILES string of the molecule is CC(C)[C@H]1Nc2cc(Cl)ccc2NC1=O. The van der Waals surface area contributed by atoms with Crippen LogP contribution in [-0.2, 0) is 4.79 Å². The minimum atomic E-state index is -0.184. The smallest absolute Gasteiger partial charge is 0.247 e. The zero-order valence-electron chi connectivity index (χ0n) is 8.67. The van der Waals surface area contributed by atoms with Crippen LogP contribution in [0.5, 0.6) is 0 Å². The van der Waals surface area contributed by atoms with Crippen molar-refractivity contribution in [1.29, 1.82) is 0 Å². The number of nitrogens with one attached hydrogen (secondary N) is 2. The number of rotatable bonds is 1. The first-order valence-corrected chi connectivity index (χ1v) is 5.32. The van der Waals surface area contributed by atoms with Gasteiger partial charge in [-0.05, 0) is 24.1 Å². The van der Waals surface area contributed by atoms with Gasteiger partial charge in [0.1, 0.15) is 6.04 Å². The fourth-order valence-corrected chi connectivity index (χ4v) is 1.83. The van der Waals surface area contributed by atoms with E-state index in [0.29, 0.717) is 5.02 Å². The summed E-state index contributed by atoms with van der Waals surface area (Å²) in [7, 11) is 0. The predicted molar refractivity (Wildman–Crippen MR) is 62.3 cm³/mol. The Labute approximate surface area is 93.8 Å². The van der Waals surface area contributed by atoms with Crippen molar-refractivity contribution in [2.24, 2.45) is 5.92 Å². The molecule has 1 aromatic carbocycles. The number of fused-ring (bicyclic) bond motifs is 1. The molecule has 1 atom stereocenters. The lowest BCUT2D eigenvalue weighted by molar-refractivity contribution is -0.117. The Balaban J connectivity index is 2.34. The highest BCUT2D eigenvalue weighted by molar-refractivity contribution is 6.31. The van der Waals surface area contributed by atoms with Crippen LogP contribution in [0, 0.1) is 5.92 Å². The number of carbonyl (C=O) groups excluding carboxylic acids is 1. The van der Waals surface area contributed by atoms with Crippen LogP contribution < -0.4 is 10.6 Å². The Morgan fingerprint density at radius 1 is 1.33 bits per heavy atom. The average Bonchev–Trinajstić information content (AvgIpc) is 2.17. The molecule has 1 aliphatic rings. The zero-order valence-corrected chi connectivity index (χ0v) is 9.43. The summed E-state index contributed by atoms with van der Waals surface area (Å²) in [5, 5.41) is 6.72. The molecule has 0 aliphatic carbocycles. The molecule has 0 radical (unpaired) electrons. The van der Waals surface area contributed by atoms with Crippen LogP contribution in [0.1, 0.15) is 13.8 Å². The molecule has 2 N–H and O–H groups in total. The van der Waals surface area contributed by atoms with Crippen LogP contribution in [0.25, 0.3) is 0 Å². The summed E-state index contributed by atoms with van der Waals surface area (Å²) in [4.78, 5) is 11.7. The first-order chi connectivity index (χ1) is 7.08. The zero-order chi connectivity index (χ0) is 11.0. The van der Waals surface area contributed by atoms with E-state index < -0.39 is 0 Å². The average molecular weight is 225 g/mol. The third-order valence-electron chi connectivity index (χ3n) is 2.50. The fraction of sp³-hybridized carbons (Fsp3) is 0.364. The molecule has 0 aromatic heterocycles. The minimum absolute atomic E-state index is 0.0137. The molecule has 0 saturated heterocycles. The van der Waals surface area contributed by atoms with E-state index in [9.17, 15) is 4.79 Å². The summed E-state index contributed by atoms with van der Waals surface area (Å²) >= 11 is 5.89. The van der Waals surface area contributed by atoms with Gasteiger partial charge in [0, 0.05) is 5.02 Å². The van der Waals surface area contributed by atoms with Crippen molar-refractivity contribution in [2.45, 2.75) is 19.9 Å². The first kappa shape index (κ1) is 10.3. The van der Waals surface area contributed by atoms with Gasteiger partial charge in [0.15, 0.2) is 0 Å². The Morgan fingerprint density at radius 2 is 2.07 bits per heavy atom. The number of carbonyl (C=O) groups is 1. The fourth-order valence-electron chi connectivity index (χ4n) is 1.66. The van der Waals surface area contributed by atoms with Gasteiger partial charge in [-0.3, -0.25) is 4.79 Å². The van der Waals surface area contributed by atoms with Crippen LogP contribution in [-0.4, -0.2) is 11.9 Å². The van der Waals surface area contributed by atoms with Crippen molar-refractivity contribution in [3.8, 4) is 0 Å². The van der Waals surface area contributed by atoms with Crippen LogP contribution in [0.15, 0.2) is 18.2 Å². The number of halogens is 1. The van der Waals surface area contributed by atoms with Crippen molar-refractivity contribution >= 4 is 28.9 Å². The molecule has 0 fully saturated rings. The second kappa shape index (κ2) is 3.74. The minimum Gasteiger partial charge on any atom is -0.372 e. The van der Waals surface area contributed by atoms with Gasteiger partial charge in [0.25, 0.3) is 0 Å². The van der Waals surface area contributed by atoms with Crippen LogP contribution in [0.2, 0.25) is 5.02 Å². The highest BCUT2D eigenvalue weighted by Gasteiger charge is 2.27. The second-order valence-electron chi connectivity index (χ2n) is 4.05. The molecule has 0 unspecified atom stereocenters. The highest BCUT2D eigenvalue weighted by Crippen LogP contribution is 2.30. The molecular weight excluding hydrogens is 212 g/mol. The van der Waals surface area contributed by atoms with Gasteiger partial charge in [-0.25, -0.2) is 0 Å². The maximum absolute atomic E-state index is 11.7. The van der Waals surface area contributed by atoms with Gasteiger partial charge in [-0.15, -0.1) is 0 Å². The Morgan fingerprint density at radius 3 is 2.73 bits per heavy atom. The van der Waals surface area contributed by atoms with Crippen molar-refractivity contribution in [3.05, 3.63) is 23.2 Å². The van der Waals surface area contributed by atoms with Crippen molar-refractivity contribution in [2.75, 3.05) is 10.6 Å². The van der Waals surface area contributed by atoms with Gasteiger partial charge in [0.05, 0.1) is 11.4 Å². The first-order valence-electron chi connectivity index (χ1n) is 4.95. The summed E-state index contributed by atoms with van der Waals surface area (Å²) in [5.74, 6) is 0.261. The Hall–Kier alpha value is -1.22. The molecule has 0 spiro atoms. The number of amides is 1. The molecule has 4 heteroatoms. The number of benzene rings is 1. The lowest BCUT2D eigenvalue weighted by Gasteiger charge is -2.29. The summed E-state index contributed by atoms with van der Waals surface area (Å²) < 4.78 is 0. The van der Waals surface area contributed by atoms with Gasteiger partial charge in [0.2, 0.25) is 5.91 Å². The van der Waals surface area contributed by atoms with E-state index >= 15 is 0 Å². The van der Waals surface area contributed by atoms with E-state index in [4.69, 9.17) is 11.6 Å². The van der Waals surface area contributed by atoms with E-state index in [1.54, 1.807) is 12.1 Å². The third kappa shape index (κ3) is 1.92. The molecule has 3 nitrogen and oxygen atoms in total. The van der Waals surface area contributed by atoms with Crippen LogP contribution >= 0.6 is 11.6 Å². The predicted octanol–water partition coefficient (Wildman–Crippen LogP) is 2.73. The maximum Gasteiger partial charge on any atom is 0.247 e. The molecular formula is C11H13ClN2O. The molecule has 1 amide bonds. The summed E-state index contributed by atoms with van der Waals surface area (Å²) in [6.07, 6.45) is 0. The normalized spacial score (nSPS) is 19.5. The van der Waals surface area contributed by atoms with Gasteiger partial charge < -0.3 is 10.6 Å². The van der Waals surface area contributed by atoms with E-state index in [-0.39, 0.29) is 17.9 Å². The maximum atomic E-state index is 11.7. The second-order valence-corrected chi connectivity index (χ2v) is 4.48. The standard InChI is InChI=1S/C11H13ClN2O/c1-6(2)10-11(15)14-8-4-3-7(12)5-9(8)13-10/h3-6,10,13H,1-2H3,(H,14,15)/t10-/m1/s1. The van der Waals surface area contributed by atoms with E-state index in [2.05, 4.69) is 10.6 Å². The molecule has 0 bridgehead atoms. The largest absolute Gasteiger partial charge is 0.372 e. The monoisotopic (exact) mass is 224 g/mol. The molecule has 0 saturated carbocycles. The van der Waals surface area contributed by atoms with E-state index in [1.807, 2.05) is 19.9 Å².